The van der Waals surface area contributed by atoms with Crippen LogP contribution in [0.5, 0.6) is 0 Å². The molecule has 0 spiro atoms. The topological polar surface area (TPSA) is 66.4 Å². The number of fused-ring (bicyclic) bond motifs is 7. The number of rotatable bonds is 6. The average Bonchev–Trinajstić information content (AvgIpc) is 3.69. The van der Waals surface area contributed by atoms with E-state index in [4.69, 9.17) is 0 Å². The van der Waals surface area contributed by atoms with E-state index < -0.39 is 5.97 Å². The molecule has 9 unspecified atom stereocenters. The predicted octanol–water partition coefficient (Wildman–Crippen LogP) is 10.4. The van der Waals surface area contributed by atoms with E-state index >= 15 is 0 Å². The first-order valence-corrected chi connectivity index (χ1v) is 19.1. The predicted molar refractivity (Wildman–Crippen MR) is 192 cm³/mol. The highest BCUT2D eigenvalue weighted by Gasteiger charge is 2.71. The molecule has 1 amide bonds. The Bertz CT molecular complexity index is 1600. The van der Waals surface area contributed by atoms with E-state index in [0.29, 0.717) is 47.6 Å². The third kappa shape index (κ3) is 4.64. The van der Waals surface area contributed by atoms with Gasteiger partial charge in [-0.1, -0.05) is 71.0 Å². The summed E-state index contributed by atoms with van der Waals surface area (Å²) in [5.41, 5.74) is 4.48. The SMILES string of the molecule is C=C(C)C1CCC2(C(=O)NCc3cccs3)CCC3(C)C(CCC4C5(C)CC=C(c6ccc(C(=O)O)cc6)C(C)(C)C5CCC43C)C12. The Hall–Kier alpha value is -2.66. The highest BCUT2D eigenvalue weighted by molar-refractivity contribution is 7.09. The summed E-state index contributed by atoms with van der Waals surface area (Å²) in [6, 6.07) is 11.8. The number of benzene rings is 1. The summed E-state index contributed by atoms with van der Waals surface area (Å²) < 4.78 is 0. The van der Waals surface area contributed by atoms with Crippen LogP contribution in [0.25, 0.3) is 5.57 Å². The number of carbonyl (C=O) groups excluding carboxylic acids is 1. The van der Waals surface area contributed by atoms with E-state index in [1.807, 2.05) is 12.1 Å². The summed E-state index contributed by atoms with van der Waals surface area (Å²) in [6.07, 6.45) is 12.7. The third-order valence-corrected chi connectivity index (χ3v) is 16.4. The van der Waals surface area contributed by atoms with E-state index in [1.165, 1.54) is 47.3 Å². The minimum absolute atomic E-state index is 0.00427. The molecule has 0 saturated heterocycles. The van der Waals surface area contributed by atoms with Crippen LogP contribution in [-0.4, -0.2) is 17.0 Å². The van der Waals surface area contributed by atoms with Crippen LogP contribution < -0.4 is 5.32 Å². The van der Waals surface area contributed by atoms with E-state index in [0.717, 1.165) is 32.1 Å². The molecule has 0 aliphatic heterocycles. The standard InChI is InChI=1S/C42H55NO3S/c1-26(2)30-16-21-42(37(46)43-25-29-9-8-24-47-29)23-22-40(6)32(35(30)42)14-15-34-39(5)19-17-31(27-10-12-28(13-11-27)36(44)45)38(3,4)33(39)18-20-41(34,40)7/h8-13,17,24,30,32-35H,1,14-16,18-23,25H2,2-7H3,(H,43,46)(H,44,45). The fourth-order valence-electron chi connectivity index (χ4n) is 13.2. The van der Waals surface area contributed by atoms with E-state index in [-0.39, 0.29) is 27.1 Å². The van der Waals surface area contributed by atoms with Gasteiger partial charge in [-0.25, -0.2) is 4.79 Å². The number of carbonyl (C=O) groups is 2. The molecule has 47 heavy (non-hydrogen) atoms. The van der Waals surface area contributed by atoms with Gasteiger partial charge in [0.1, 0.15) is 0 Å². The molecule has 2 aromatic rings. The molecule has 2 N–H and O–H groups in total. The van der Waals surface area contributed by atoms with Gasteiger partial charge in [0.25, 0.3) is 0 Å². The first-order valence-electron chi connectivity index (χ1n) is 18.2. The number of hydrogen-bond donors (Lipinski definition) is 2. The molecule has 4 fully saturated rings. The van der Waals surface area contributed by atoms with Crippen LogP contribution in [0.4, 0.5) is 0 Å². The summed E-state index contributed by atoms with van der Waals surface area (Å²) in [7, 11) is 0. The van der Waals surface area contributed by atoms with Crippen molar-refractivity contribution in [3.63, 3.8) is 0 Å². The Kier molecular flexibility index (Phi) is 7.82. The number of thiophene rings is 1. The van der Waals surface area contributed by atoms with Crippen LogP contribution in [0.3, 0.4) is 0 Å². The van der Waals surface area contributed by atoms with Gasteiger partial charge in [0.05, 0.1) is 17.5 Å². The fourth-order valence-corrected chi connectivity index (χ4v) is 13.8. The molecule has 1 aromatic carbocycles. The summed E-state index contributed by atoms with van der Waals surface area (Å²) in [5, 5.41) is 15.0. The van der Waals surface area contributed by atoms with Crippen LogP contribution in [0.1, 0.15) is 120 Å². The van der Waals surface area contributed by atoms with Crippen molar-refractivity contribution in [3.05, 3.63) is 76.0 Å². The molecule has 7 rings (SSSR count). The minimum Gasteiger partial charge on any atom is -0.478 e. The molecular formula is C42H55NO3S. The first kappa shape index (κ1) is 32.9. The Morgan fingerprint density at radius 2 is 1.66 bits per heavy atom. The Morgan fingerprint density at radius 3 is 2.32 bits per heavy atom. The number of carboxylic acid groups (broad SMARTS) is 1. The number of nitrogens with one attached hydrogen (secondary N) is 1. The number of aromatic carboxylic acids is 1. The van der Waals surface area contributed by atoms with Crippen LogP contribution in [0.15, 0.2) is 60.0 Å². The van der Waals surface area contributed by atoms with Crippen molar-refractivity contribution in [1.82, 2.24) is 5.32 Å². The van der Waals surface area contributed by atoms with Gasteiger partial charge in [-0.05, 0) is 151 Å². The van der Waals surface area contributed by atoms with Crippen LogP contribution in [-0.2, 0) is 11.3 Å². The van der Waals surface area contributed by atoms with Gasteiger partial charge >= 0.3 is 5.97 Å². The Balaban J connectivity index is 1.21. The lowest BCUT2D eigenvalue weighted by Gasteiger charge is -2.72. The molecule has 5 aliphatic rings. The molecule has 0 bridgehead atoms. The third-order valence-electron chi connectivity index (χ3n) is 15.5. The second-order valence-electron chi connectivity index (χ2n) is 17.5. The van der Waals surface area contributed by atoms with E-state index in [9.17, 15) is 14.7 Å². The minimum atomic E-state index is -0.872. The van der Waals surface area contributed by atoms with Crippen molar-refractivity contribution in [1.29, 1.82) is 0 Å². The van der Waals surface area contributed by atoms with Gasteiger partial charge in [-0.3, -0.25) is 4.79 Å². The van der Waals surface area contributed by atoms with Crippen molar-refractivity contribution in [2.24, 2.45) is 56.7 Å². The van der Waals surface area contributed by atoms with Gasteiger partial charge in [0, 0.05) is 4.88 Å². The first-order chi connectivity index (χ1) is 22.2. The van der Waals surface area contributed by atoms with Crippen molar-refractivity contribution >= 4 is 28.8 Å². The molecule has 1 heterocycles. The van der Waals surface area contributed by atoms with Gasteiger partial charge in [-0.2, -0.15) is 0 Å². The molecule has 4 saturated carbocycles. The maximum absolute atomic E-state index is 14.3. The quantitative estimate of drug-likeness (QED) is 0.305. The van der Waals surface area contributed by atoms with E-state index in [2.05, 4.69) is 77.0 Å². The van der Waals surface area contributed by atoms with Gasteiger partial charge < -0.3 is 10.4 Å². The zero-order valence-corrected chi connectivity index (χ0v) is 30.3. The van der Waals surface area contributed by atoms with Crippen molar-refractivity contribution < 1.29 is 14.7 Å². The number of hydrogen-bond acceptors (Lipinski definition) is 3. The van der Waals surface area contributed by atoms with Crippen molar-refractivity contribution in [2.45, 2.75) is 106 Å². The lowest BCUT2D eigenvalue weighted by Crippen LogP contribution is -2.66. The number of amides is 1. The molecule has 5 heteroatoms. The fraction of sp³-hybridized carbons (Fsp3) is 0.619. The molecule has 5 aliphatic carbocycles. The summed E-state index contributed by atoms with van der Waals surface area (Å²) in [5.74, 6) is 1.94. The maximum atomic E-state index is 14.3. The highest BCUT2D eigenvalue weighted by Crippen LogP contribution is 2.77. The second-order valence-corrected chi connectivity index (χ2v) is 18.6. The van der Waals surface area contributed by atoms with Crippen molar-refractivity contribution in [2.75, 3.05) is 0 Å². The summed E-state index contributed by atoms with van der Waals surface area (Å²) >= 11 is 1.72. The molecule has 1 aromatic heterocycles. The maximum Gasteiger partial charge on any atom is 0.335 e. The number of carboxylic acids is 1. The van der Waals surface area contributed by atoms with E-state index in [1.54, 1.807) is 23.5 Å². The number of allylic oxidation sites excluding steroid dienone is 3. The van der Waals surface area contributed by atoms with Crippen LogP contribution in [0.2, 0.25) is 0 Å². The lowest BCUT2D eigenvalue weighted by molar-refractivity contribution is -0.225. The van der Waals surface area contributed by atoms with Gasteiger partial charge in [0.2, 0.25) is 5.91 Å². The van der Waals surface area contributed by atoms with Gasteiger partial charge in [0.15, 0.2) is 0 Å². The highest BCUT2D eigenvalue weighted by atomic mass is 32.1. The molecule has 9 atom stereocenters. The summed E-state index contributed by atoms with van der Waals surface area (Å²) in [4.78, 5) is 27.1. The van der Waals surface area contributed by atoms with Crippen LogP contribution in [0, 0.1) is 56.7 Å². The molecular weight excluding hydrogens is 599 g/mol. The summed E-state index contributed by atoms with van der Waals surface area (Å²) in [6.45, 7) is 20.2. The molecule has 4 nitrogen and oxygen atoms in total. The van der Waals surface area contributed by atoms with Gasteiger partial charge in [-0.15, -0.1) is 11.3 Å². The van der Waals surface area contributed by atoms with Crippen LogP contribution >= 0.6 is 11.3 Å². The average molecular weight is 654 g/mol. The molecule has 0 radical (unpaired) electrons. The normalized spacial score (nSPS) is 40.2. The smallest absolute Gasteiger partial charge is 0.335 e. The Labute approximate surface area is 286 Å². The largest absolute Gasteiger partial charge is 0.478 e. The Morgan fingerprint density at radius 1 is 0.915 bits per heavy atom. The zero-order valence-electron chi connectivity index (χ0n) is 29.5. The molecule has 252 valence electrons. The monoisotopic (exact) mass is 653 g/mol. The zero-order chi connectivity index (χ0) is 33.6. The second kappa shape index (κ2) is 11.2. The lowest BCUT2D eigenvalue weighted by atomic mass is 9.32. The van der Waals surface area contributed by atoms with Crippen molar-refractivity contribution in [3.8, 4) is 0 Å².